The van der Waals surface area contributed by atoms with Gasteiger partial charge in [-0.25, -0.2) is 9.13 Å². The summed E-state index contributed by atoms with van der Waals surface area (Å²) in [5.41, 5.74) is 8.31. The second-order valence-electron chi connectivity index (χ2n) is 3.26. The molecule has 0 atom stereocenters. The van der Waals surface area contributed by atoms with Crippen LogP contribution in [0.3, 0.4) is 0 Å². The highest BCUT2D eigenvalue weighted by Crippen LogP contribution is 1.91. The van der Waals surface area contributed by atoms with E-state index < -0.39 is 0 Å². The fourth-order valence-electron chi connectivity index (χ4n) is 1.16. The van der Waals surface area contributed by atoms with Crippen molar-refractivity contribution < 1.29 is 4.57 Å². The Bertz CT molecular complexity index is 356. The molecule has 0 aliphatic carbocycles. The van der Waals surface area contributed by atoms with E-state index in [1.807, 2.05) is 0 Å². The highest BCUT2D eigenvalue weighted by molar-refractivity contribution is 4.76. The largest absolute Gasteiger partial charge is 0.337 e. The van der Waals surface area contributed by atoms with Gasteiger partial charge in [0.05, 0.1) is 13.6 Å². The SMILES string of the molecule is CCCC[n+]1ccn(C)c1C.N#CN.N#CN. The number of hydrogen-bond acceptors (Lipinski definition) is 4. The van der Waals surface area contributed by atoms with Crippen LogP contribution in [0.4, 0.5) is 0 Å². The van der Waals surface area contributed by atoms with Gasteiger partial charge < -0.3 is 11.5 Å². The second kappa shape index (κ2) is 11.9. The average molecular weight is 237 g/mol. The third kappa shape index (κ3) is 8.76. The van der Waals surface area contributed by atoms with E-state index in [0.29, 0.717) is 0 Å². The quantitative estimate of drug-likeness (QED) is 0.447. The van der Waals surface area contributed by atoms with E-state index in [2.05, 4.69) is 53.9 Å². The third-order valence-electron chi connectivity index (χ3n) is 2.15. The summed E-state index contributed by atoms with van der Waals surface area (Å²) < 4.78 is 4.44. The molecule has 6 nitrogen and oxygen atoms in total. The van der Waals surface area contributed by atoms with E-state index in [1.165, 1.54) is 31.1 Å². The van der Waals surface area contributed by atoms with Crippen LogP contribution in [0, 0.1) is 29.8 Å². The van der Waals surface area contributed by atoms with Gasteiger partial charge in [-0.15, -0.1) is 0 Å². The molecule has 0 aliphatic rings. The van der Waals surface area contributed by atoms with Gasteiger partial charge in [0, 0.05) is 6.92 Å². The molecule has 0 saturated heterocycles. The zero-order chi connectivity index (χ0) is 13.7. The van der Waals surface area contributed by atoms with Crippen LogP contribution >= 0.6 is 0 Å². The van der Waals surface area contributed by atoms with Crippen LogP contribution in [0.15, 0.2) is 12.4 Å². The Balaban J connectivity index is 0. The van der Waals surface area contributed by atoms with Gasteiger partial charge in [-0.2, -0.15) is 10.5 Å². The normalized spacial score (nSPS) is 7.59. The molecule has 0 aromatic carbocycles. The molecule has 0 saturated carbocycles. The van der Waals surface area contributed by atoms with Crippen molar-refractivity contribution in [2.45, 2.75) is 33.2 Å². The molecule has 0 radical (unpaired) electrons. The van der Waals surface area contributed by atoms with Crippen LogP contribution in [0.5, 0.6) is 0 Å². The number of aryl methyl sites for hydroxylation is 2. The molecule has 1 aromatic heterocycles. The van der Waals surface area contributed by atoms with Crippen molar-refractivity contribution >= 4 is 0 Å². The van der Waals surface area contributed by atoms with Crippen molar-refractivity contribution in [2.24, 2.45) is 18.5 Å². The Hall–Kier alpha value is -2.21. The predicted octanol–water partition coefficient (Wildman–Crippen LogP) is 0.273. The van der Waals surface area contributed by atoms with Crippen LogP contribution < -0.4 is 16.0 Å². The fraction of sp³-hybridized carbons (Fsp3) is 0.545. The van der Waals surface area contributed by atoms with E-state index in [1.54, 1.807) is 0 Å². The summed E-state index contributed by atoms with van der Waals surface area (Å²) >= 11 is 0. The van der Waals surface area contributed by atoms with Crippen LogP contribution in [0.25, 0.3) is 0 Å². The molecule has 1 heterocycles. The molecule has 1 aromatic rings. The molecular formula is C11H21N6+. The predicted molar refractivity (Wildman–Crippen MR) is 64.9 cm³/mol. The number of aromatic nitrogens is 2. The summed E-state index contributed by atoms with van der Waals surface area (Å²) in [5, 5.41) is 14.2. The molecule has 1 rings (SSSR count). The highest BCUT2D eigenvalue weighted by atomic mass is 15.1. The second-order valence-corrected chi connectivity index (χ2v) is 3.26. The third-order valence-corrected chi connectivity index (χ3v) is 2.15. The van der Waals surface area contributed by atoms with Gasteiger partial charge in [0.1, 0.15) is 12.4 Å². The number of imidazole rings is 1. The maximum atomic E-state index is 7.10. The lowest BCUT2D eigenvalue weighted by molar-refractivity contribution is -0.702. The fourth-order valence-corrected chi connectivity index (χ4v) is 1.16. The zero-order valence-corrected chi connectivity index (χ0v) is 10.7. The summed E-state index contributed by atoms with van der Waals surface area (Å²) in [6.45, 7) is 5.53. The van der Waals surface area contributed by atoms with Crippen molar-refractivity contribution in [3.63, 3.8) is 0 Å². The Morgan fingerprint density at radius 1 is 1.35 bits per heavy atom. The number of hydrogen-bond donors (Lipinski definition) is 2. The smallest absolute Gasteiger partial charge is 0.253 e. The molecule has 0 aliphatic heterocycles. The monoisotopic (exact) mass is 237 g/mol. The first kappa shape index (κ1) is 17.2. The first-order valence-corrected chi connectivity index (χ1v) is 5.29. The lowest BCUT2D eigenvalue weighted by Crippen LogP contribution is -2.35. The van der Waals surface area contributed by atoms with Crippen molar-refractivity contribution in [2.75, 3.05) is 0 Å². The molecule has 0 spiro atoms. The lowest BCUT2D eigenvalue weighted by atomic mass is 10.3. The van der Waals surface area contributed by atoms with Crippen molar-refractivity contribution in [1.29, 1.82) is 10.5 Å². The van der Waals surface area contributed by atoms with Crippen LogP contribution in [-0.2, 0) is 13.6 Å². The maximum Gasteiger partial charge on any atom is 0.253 e. The number of unbranched alkanes of at least 4 members (excludes halogenated alkanes) is 1. The molecule has 4 N–H and O–H groups in total. The summed E-state index contributed by atoms with van der Waals surface area (Å²) in [4.78, 5) is 0. The number of nitriles is 2. The average Bonchev–Trinajstić information content (AvgIpc) is 2.60. The minimum Gasteiger partial charge on any atom is -0.337 e. The first-order valence-electron chi connectivity index (χ1n) is 5.29. The molecule has 6 heteroatoms. The molecular weight excluding hydrogens is 216 g/mol. The minimum atomic E-state index is 1.16. The summed E-state index contributed by atoms with van der Waals surface area (Å²) in [6, 6.07) is 0. The Morgan fingerprint density at radius 2 is 1.82 bits per heavy atom. The van der Waals surface area contributed by atoms with Gasteiger partial charge >= 0.3 is 0 Å². The molecule has 0 unspecified atom stereocenters. The van der Waals surface area contributed by atoms with E-state index in [-0.39, 0.29) is 0 Å². The Kier molecular flexibility index (Phi) is 12.0. The van der Waals surface area contributed by atoms with E-state index in [9.17, 15) is 0 Å². The van der Waals surface area contributed by atoms with Crippen molar-refractivity contribution in [1.82, 2.24) is 4.57 Å². The standard InChI is InChI=1S/C9H17N2.2CH2N2/c1-4-5-6-11-8-7-10(3)9(11)2;2*2-1-3/h7-8H,4-6H2,1-3H3;2*2H2/q+1;;. The Labute approximate surface area is 103 Å². The van der Waals surface area contributed by atoms with Gasteiger partial charge in [0.15, 0.2) is 12.4 Å². The molecule has 0 fully saturated rings. The molecule has 0 bridgehead atoms. The Morgan fingerprint density at radius 3 is 2.12 bits per heavy atom. The molecule has 94 valence electrons. The lowest BCUT2D eigenvalue weighted by Gasteiger charge is -1.95. The molecule has 0 amide bonds. The first-order chi connectivity index (χ1) is 8.08. The zero-order valence-electron chi connectivity index (χ0n) is 10.7. The van der Waals surface area contributed by atoms with Crippen LogP contribution in [0.2, 0.25) is 0 Å². The van der Waals surface area contributed by atoms with E-state index >= 15 is 0 Å². The van der Waals surface area contributed by atoms with Gasteiger partial charge in [0.2, 0.25) is 0 Å². The maximum absolute atomic E-state index is 7.10. The van der Waals surface area contributed by atoms with Gasteiger partial charge in [-0.1, -0.05) is 13.3 Å². The van der Waals surface area contributed by atoms with E-state index in [4.69, 9.17) is 10.5 Å². The number of rotatable bonds is 3. The highest BCUT2D eigenvalue weighted by Gasteiger charge is 2.06. The van der Waals surface area contributed by atoms with Gasteiger partial charge in [-0.05, 0) is 6.42 Å². The van der Waals surface area contributed by atoms with Crippen molar-refractivity contribution in [3.8, 4) is 12.4 Å². The van der Waals surface area contributed by atoms with Crippen LogP contribution in [0.1, 0.15) is 25.6 Å². The molecule has 17 heavy (non-hydrogen) atoms. The summed E-state index contributed by atoms with van der Waals surface area (Å²) in [6.07, 6.45) is 9.28. The summed E-state index contributed by atoms with van der Waals surface area (Å²) in [5.74, 6) is 1.33. The number of nitrogens with two attached hydrogens (primary N) is 2. The topological polar surface area (TPSA) is 108 Å². The summed E-state index contributed by atoms with van der Waals surface area (Å²) in [7, 11) is 2.08. The van der Waals surface area contributed by atoms with Crippen molar-refractivity contribution in [3.05, 3.63) is 18.2 Å². The minimum absolute atomic E-state index is 1.16. The van der Waals surface area contributed by atoms with E-state index in [0.717, 1.165) is 6.54 Å². The van der Waals surface area contributed by atoms with Gasteiger partial charge in [-0.3, -0.25) is 0 Å². The van der Waals surface area contributed by atoms with Crippen LogP contribution in [-0.4, -0.2) is 4.57 Å². The van der Waals surface area contributed by atoms with Gasteiger partial charge in [0.25, 0.3) is 5.82 Å². The number of nitrogens with zero attached hydrogens (tertiary/aromatic N) is 4.